The molecule has 0 radical (unpaired) electrons. The van der Waals surface area contributed by atoms with Gasteiger partial charge in [0.2, 0.25) is 5.28 Å². The first kappa shape index (κ1) is 16.6. The molecule has 1 N–H and O–H groups in total. The van der Waals surface area contributed by atoms with Gasteiger partial charge in [0, 0.05) is 39.0 Å². The van der Waals surface area contributed by atoms with Crippen molar-refractivity contribution >= 4 is 34.1 Å². The fraction of sp³-hybridized carbons (Fsp3) is 0.643. The van der Waals surface area contributed by atoms with Gasteiger partial charge in [-0.25, -0.2) is 9.97 Å². The lowest BCUT2D eigenvalue weighted by molar-refractivity contribution is -0.118. The molecule has 2 fully saturated rings. The molecular weight excluding hydrogens is 340 g/mol. The van der Waals surface area contributed by atoms with Crippen LogP contribution in [0.2, 0.25) is 5.28 Å². The number of halogens is 1. The van der Waals surface area contributed by atoms with E-state index in [1.165, 1.54) is 0 Å². The second-order valence-corrected chi connectivity index (χ2v) is 7.99. The molecule has 2 aliphatic rings. The van der Waals surface area contributed by atoms with Crippen molar-refractivity contribution in [2.24, 2.45) is 0 Å². The predicted octanol–water partition coefficient (Wildman–Crippen LogP) is 0.398. The van der Waals surface area contributed by atoms with Crippen molar-refractivity contribution in [2.45, 2.75) is 17.6 Å². The Morgan fingerprint density at radius 2 is 2.13 bits per heavy atom. The summed E-state index contributed by atoms with van der Waals surface area (Å²) in [6, 6.07) is 1.86. The number of thiol groups is 1. The summed E-state index contributed by atoms with van der Waals surface area (Å²) < 4.78 is 17.5. The highest BCUT2D eigenvalue weighted by Gasteiger charge is 2.57. The molecule has 2 heterocycles. The van der Waals surface area contributed by atoms with Gasteiger partial charge < -0.3 is 15.0 Å². The van der Waals surface area contributed by atoms with Crippen molar-refractivity contribution in [1.29, 1.82) is 0 Å². The summed E-state index contributed by atoms with van der Waals surface area (Å²) in [7, 11) is -0.186. The maximum atomic E-state index is 12.6. The minimum atomic E-state index is -1.73. The Kier molecular flexibility index (Phi) is 4.84. The number of ether oxygens (including phenoxy) is 1. The lowest BCUT2D eigenvalue weighted by atomic mass is 10.2. The first-order chi connectivity index (χ1) is 11.0. The zero-order chi connectivity index (χ0) is 16.4. The topological polar surface area (TPSA) is 84.4 Å². The second-order valence-electron chi connectivity index (χ2n) is 5.72. The molecule has 7 nitrogen and oxygen atoms in total. The molecule has 1 saturated heterocycles. The van der Waals surface area contributed by atoms with Crippen LogP contribution in [0.1, 0.15) is 18.5 Å². The highest BCUT2D eigenvalue weighted by atomic mass is 35.5. The van der Waals surface area contributed by atoms with Crippen LogP contribution in [0.25, 0.3) is 0 Å². The fourth-order valence-electron chi connectivity index (χ4n) is 2.71. The molecule has 1 aliphatic heterocycles. The number of hydrogen-bond acceptors (Lipinski definition) is 6. The molecule has 126 valence electrons. The van der Waals surface area contributed by atoms with Gasteiger partial charge in [-0.2, -0.15) is 0 Å². The quantitative estimate of drug-likeness (QED) is 0.465. The van der Waals surface area contributed by atoms with Gasteiger partial charge >= 0.3 is 0 Å². The Hall–Kier alpha value is -1.25. The van der Waals surface area contributed by atoms with E-state index < -0.39 is 15.5 Å². The molecular formula is C14H20ClN4O3S+. The lowest BCUT2D eigenvalue weighted by Gasteiger charge is -2.28. The van der Waals surface area contributed by atoms with E-state index in [1.54, 1.807) is 7.05 Å². The molecule has 1 saturated carbocycles. The van der Waals surface area contributed by atoms with Gasteiger partial charge in [0.1, 0.15) is 11.5 Å². The van der Waals surface area contributed by atoms with Gasteiger partial charge in [0.25, 0.3) is 5.91 Å². The Bertz CT molecular complexity index is 632. The third-order valence-electron chi connectivity index (χ3n) is 4.26. The standard InChI is InChI=1S/C14H19ClN4O3S/c1-16-12(20)9-23(21)14(2-3-14)10-8-11(18-13(15)17-10)19-4-6-22-7-5-19/h8H,2-7,9H2,1H3,(H,16,20)/p+1. The molecule has 1 aliphatic carbocycles. The highest BCUT2D eigenvalue weighted by Crippen LogP contribution is 2.51. The first-order valence-electron chi connectivity index (χ1n) is 7.58. The van der Waals surface area contributed by atoms with Crippen molar-refractivity contribution in [1.82, 2.24) is 15.3 Å². The fourth-order valence-corrected chi connectivity index (χ4v) is 4.59. The van der Waals surface area contributed by atoms with Crippen molar-refractivity contribution < 1.29 is 13.7 Å². The van der Waals surface area contributed by atoms with E-state index >= 15 is 0 Å². The Morgan fingerprint density at radius 1 is 1.43 bits per heavy atom. The van der Waals surface area contributed by atoms with Gasteiger partial charge in [-0.05, 0) is 11.6 Å². The number of aromatic nitrogens is 2. The van der Waals surface area contributed by atoms with Crippen LogP contribution in [0, 0.1) is 0 Å². The number of morpholine rings is 1. The molecule has 9 heteroatoms. The number of anilines is 1. The Morgan fingerprint density at radius 3 is 2.74 bits per heavy atom. The van der Waals surface area contributed by atoms with Gasteiger partial charge in [0.15, 0.2) is 10.5 Å². The van der Waals surface area contributed by atoms with Crippen molar-refractivity contribution in [3.05, 3.63) is 17.0 Å². The molecule has 0 aromatic carbocycles. The van der Waals surface area contributed by atoms with E-state index in [0.717, 1.165) is 31.7 Å². The monoisotopic (exact) mass is 359 g/mol. The molecule has 0 spiro atoms. The zero-order valence-electron chi connectivity index (χ0n) is 12.9. The average molecular weight is 360 g/mol. The number of rotatable bonds is 5. The SMILES string of the molecule is CNC(=O)C[SH+](=O)C1(c2cc(N3CCOCC3)nc(Cl)n2)CC1. The molecule has 1 amide bonds. The summed E-state index contributed by atoms with van der Waals surface area (Å²) >= 11 is 6.09. The second kappa shape index (κ2) is 6.70. The lowest BCUT2D eigenvalue weighted by Crippen LogP contribution is -2.37. The molecule has 1 aromatic rings. The smallest absolute Gasteiger partial charge is 0.269 e. The first-order valence-corrected chi connectivity index (χ1v) is 9.40. The summed E-state index contributed by atoms with van der Waals surface area (Å²) in [6.45, 7) is 2.77. The number of carbonyl (C=O) groups is 1. The predicted molar refractivity (Wildman–Crippen MR) is 89.4 cm³/mol. The van der Waals surface area contributed by atoms with Gasteiger partial charge in [-0.1, -0.05) is 0 Å². The van der Waals surface area contributed by atoms with Crippen LogP contribution >= 0.6 is 11.6 Å². The highest BCUT2D eigenvalue weighted by molar-refractivity contribution is 7.87. The zero-order valence-corrected chi connectivity index (χ0v) is 14.6. The maximum Gasteiger partial charge on any atom is 0.269 e. The van der Waals surface area contributed by atoms with Gasteiger partial charge in [0.05, 0.1) is 24.0 Å². The van der Waals surface area contributed by atoms with Crippen LogP contribution in [0.3, 0.4) is 0 Å². The Balaban J connectivity index is 1.86. The van der Waals surface area contributed by atoms with Gasteiger partial charge in [-0.3, -0.25) is 4.79 Å². The largest absolute Gasteiger partial charge is 0.378 e. The summed E-state index contributed by atoms with van der Waals surface area (Å²) in [4.78, 5) is 22.2. The average Bonchev–Trinajstić information content (AvgIpc) is 3.37. The van der Waals surface area contributed by atoms with E-state index in [0.29, 0.717) is 18.9 Å². The molecule has 1 aromatic heterocycles. The third-order valence-corrected chi connectivity index (χ3v) is 6.64. The maximum absolute atomic E-state index is 12.6. The summed E-state index contributed by atoms with van der Waals surface area (Å²) in [5.41, 5.74) is 0.684. The summed E-state index contributed by atoms with van der Waals surface area (Å²) in [5.74, 6) is 0.532. The van der Waals surface area contributed by atoms with E-state index in [4.69, 9.17) is 16.3 Å². The molecule has 23 heavy (non-hydrogen) atoms. The van der Waals surface area contributed by atoms with Crippen LogP contribution in [-0.4, -0.2) is 55.0 Å². The van der Waals surface area contributed by atoms with Crippen LogP contribution in [-0.2, 0) is 29.3 Å². The van der Waals surface area contributed by atoms with E-state index in [1.807, 2.05) is 6.07 Å². The van der Waals surface area contributed by atoms with Crippen molar-refractivity contribution in [2.75, 3.05) is 44.0 Å². The number of nitrogens with one attached hydrogen (secondary N) is 1. The molecule has 1 unspecified atom stereocenters. The third kappa shape index (κ3) is 3.49. The van der Waals surface area contributed by atoms with E-state index in [9.17, 15) is 9.00 Å². The number of hydrogen-bond donors (Lipinski definition) is 1. The van der Waals surface area contributed by atoms with Crippen LogP contribution in [0.15, 0.2) is 6.07 Å². The normalized spacial score (nSPS) is 20.9. The Labute approximate surface area is 142 Å². The van der Waals surface area contributed by atoms with Crippen molar-refractivity contribution in [3.8, 4) is 0 Å². The molecule has 3 rings (SSSR count). The molecule has 0 bridgehead atoms. The minimum Gasteiger partial charge on any atom is -0.378 e. The number of amides is 1. The minimum absolute atomic E-state index is 0.0142. The van der Waals surface area contributed by atoms with Crippen LogP contribution in [0.5, 0.6) is 0 Å². The van der Waals surface area contributed by atoms with E-state index in [2.05, 4.69) is 20.2 Å². The number of nitrogens with zero attached hydrogens (tertiary/aromatic N) is 3. The van der Waals surface area contributed by atoms with Gasteiger partial charge in [-0.15, -0.1) is 4.21 Å². The van der Waals surface area contributed by atoms with Crippen LogP contribution in [0.4, 0.5) is 5.82 Å². The summed E-state index contributed by atoms with van der Waals surface area (Å²) in [5, 5.41) is 2.67. The molecule has 1 atom stereocenters. The number of carbonyl (C=O) groups excluding carboxylic acids is 1. The summed E-state index contributed by atoms with van der Waals surface area (Å²) in [6.07, 6.45) is 1.52. The van der Waals surface area contributed by atoms with E-state index in [-0.39, 0.29) is 16.9 Å². The van der Waals surface area contributed by atoms with Crippen LogP contribution < -0.4 is 10.2 Å². The van der Waals surface area contributed by atoms with Crippen molar-refractivity contribution in [3.63, 3.8) is 0 Å².